The molecule has 0 bridgehead atoms. The van der Waals surface area contributed by atoms with Crippen LogP contribution in [-0.4, -0.2) is 37.6 Å². The van der Waals surface area contributed by atoms with Gasteiger partial charge in [0, 0.05) is 24.3 Å². The van der Waals surface area contributed by atoms with E-state index in [9.17, 15) is 4.79 Å². The minimum absolute atomic E-state index is 0.0279. The molecule has 0 saturated carbocycles. The number of carbonyl (C=O) groups is 1. The zero-order chi connectivity index (χ0) is 17.0. The van der Waals surface area contributed by atoms with Crippen LogP contribution in [0.3, 0.4) is 0 Å². The number of benzene rings is 2. The fraction of sp³-hybridized carbons (Fsp3) is 0.350. The van der Waals surface area contributed by atoms with Crippen molar-refractivity contribution in [2.75, 3.05) is 31.2 Å². The van der Waals surface area contributed by atoms with Gasteiger partial charge in [-0.15, -0.1) is 0 Å². The molecule has 0 radical (unpaired) electrons. The van der Waals surface area contributed by atoms with Gasteiger partial charge >= 0.3 is 0 Å². The van der Waals surface area contributed by atoms with Gasteiger partial charge in [0.05, 0.1) is 18.8 Å². The van der Waals surface area contributed by atoms with Crippen molar-refractivity contribution < 1.29 is 9.53 Å². The summed E-state index contributed by atoms with van der Waals surface area (Å²) in [7, 11) is 0. The lowest BCUT2D eigenvalue weighted by molar-refractivity contribution is 0.0900. The van der Waals surface area contributed by atoms with Gasteiger partial charge in [-0.3, -0.25) is 4.79 Å². The summed E-state index contributed by atoms with van der Waals surface area (Å²) in [5.74, 6) is -0.0279. The van der Waals surface area contributed by atoms with Crippen molar-refractivity contribution in [3.8, 4) is 0 Å². The SMILES string of the molecule is CC(N)(Cc1ccccc1)C(=O)c1ccc(N2CCOCC2)cc1. The van der Waals surface area contributed by atoms with Crippen LogP contribution < -0.4 is 10.6 Å². The van der Waals surface area contributed by atoms with E-state index in [0.717, 1.165) is 37.6 Å². The smallest absolute Gasteiger partial charge is 0.182 e. The maximum atomic E-state index is 12.8. The quantitative estimate of drug-likeness (QED) is 0.859. The molecule has 1 aliphatic heterocycles. The van der Waals surface area contributed by atoms with Gasteiger partial charge < -0.3 is 15.4 Å². The lowest BCUT2D eigenvalue weighted by Crippen LogP contribution is -2.47. The van der Waals surface area contributed by atoms with Crippen molar-refractivity contribution >= 4 is 11.5 Å². The van der Waals surface area contributed by atoms with Crippen LogP contribution in [-0.2, 0) is 11.2 Å². The highest BCUT2D eigenvalue weighted by Gasteiger charge is 2.29. The Morgan fingerprint density at radius 2 is 1.71 bits per heavy atom. The fourth-order valence-electron chi connectivity index (χ4n) is 3.08. The number of nitrogens with zero attached hydrogens (tertiary/aromatic N) is 1. The van der Waals surface area contributed by atoms with Gasteiger partial charge in [0.25, 0.3) is 0 Å². The average Bonchev–Trinajstić information content (AvgIpc) is 2.62. The van der Waals surface area contributed by atoms with E-state index in [1.165, 1.54) is 0 Å². The Kier molecular flexibility index (Phi) is 4.97. The number of rotatable bonds is 5. The van der Waals surface area contributed by atoms with Crippen molar-refractivity contribution in [1.29, 1.82) is 0 Å². The van der Waals surface area contributed by atoms with Crippen LogP contribution in [0.15, 0.2) is 54.6 Å². The summed E-state index contributed by atoms with van der Waals surface area (Å²) in [6, 6.07) is 17.6. The number of hydrogen-bond donors (Lipinski definition) is 1. The molecule has 1 saturated heterocycles. The number of ketones is 1. The Morgan fingerprint density at radius 3 is 2.33 bits per heavy atom. The largest absolute Gasteiger partial charge is 0.378 e. The van der Waals surface area contributed by atoms with Gasteiger partial charge in [-0.1, -0.05) is 30.3 Å². The zero-order valence-electron chi connectivity index (χ0n) is 14.1. The maximum absolute atomic E-state index is 12.8. The molecule has 1 heterocycles. The Hall–Kier alpha value is -2.17. The second-order valence-corrected chi connectivity index (χ2v) is 6.56. The highest BCUT2D eigenvalue weighted by atomic mass is 16.5. The second kappa shape index (κ2) is 7.16. The summed E-state index contributed by atoms with van der Waals surface area (Å²) in [5, 5.41) is 0. The lowest BCUT2D eigenvalue weighted by atomic mass is 9.86. The molecule has 0 spiro atoms. The number of ether oxygens (including phenoxy) is 1. The molecular weight excluding hydrogens is 300 g/mol. The van der Waals surface area contributed by atoms with Gasteiger partial charge in [-0.25, -0.2) is 0 Å². The molecule has 0 aliphatic carbocycles. The van der Waals surface area contributed by atoms with Crippen LogP contribution in [0.25, 0.3) is 0 Å². The van der Waals surface area contributed by atoms with Gasteiger partial charge in [0.2, 0.25) is 0 Å². The number of Topliss-reactive ketones (excluding diaryl/α,β-unsaturated/α-hetero) is 1. The molecule has 4 nitrogen and oxygen atoms in total. The molecule has 0 aromatic heterocycles. The first-order valence-electron chi connectivity index (χ1n) is 8.37. The normalized spacial score (nSPS) is 17.3. The predicted molar refractivity (Wildman–Crippen MR) is 96.5 cm³/mol. The van der Waals surface area contributed by atoms with E-state index in [0.29, 0.717) is 12.0 Å². The van der Waals surface area contributed by atoms with E-state index in [-0.39, 0.29) is 5.78 Å². The Morgan fingerprint density at radius 1 is 1.08 bits per heavy atom. The molecule has 1 unspecified atom stereocenters. The fourth-order valence-corrected chi connectivity index (χ4v) is 3.08. The Labute approximate surface area is 143 Å². The van der Waals surface area contributed by atoms with E-state index in [2.05, 4.69) is 4.90 Å². The molecular formula is C20H24N2O2. The summed E-state index contributed by atoms with van der Waals surface area (Å²) >= 11 is 0. The molecule has 1 fully saturated rings. The minimum Gasteiger partial charge on any atom is -0.378 e. The average molecular weight is 324 g/mol. The third-order valence-corrected chi connectivity index (χ3v) is 4.44. The molecule has 2 aromatic rings. The molecule has 0 amide bonds. The van der Waals surface area contributed by atoms with E-state index >= 15 is 0 Å². The zero-order valence-corrected chi connectivity index (χ0v) is 14.1. The van der Waals surface area contributed by atoms with E-state index < -0.39 is 5.54 Å². The summed E-state index contributed by atoms with van der Waals surface area (Å²) < 4.78 is 5.37. The molecule has 3 rings (SSSR count). The van der Waals surface area contributed by atoms with E-state index in [4.69, 9.17) is 10.5 Å². The maximum Gasteiger partial charge on any atom is 0.182 e. The number of hydrogen-bond acceptors (Lipinski definition) is 4. The summed E-state index contributed by atoms with van der Waals surface area (Å²) in [6.45, 7) is 5.07. The summed E-state index contributed by atoms with van der Waals surface area (Å²) in [4.78, 5) is 15.1. The third-order valence-electron chi connectivity index (χ3n) is 4.44. The molecule has 2 N–H and O–H groups in total. The molecule has 4 heteroatoms. The van der Waals surface area contributed by atoms with Crippen molar-refractivity contribution in [2.45, 2.75) is 18.9 Å². The number of anilines is 1. The van der Waals surface area contributed by atoms with Gasteiger partial charge in [0.1, 0.15) is 0 Å². The van der Waals surface area contributed by atoms with Crippen LogP contribution in [0.1, 0.15) is 22.8 Å². The Balaban J connectivity index is 1.71. The molecule has 126 valence electrons. The first-order chi connectivity index (χ1) is 11.6. The van der Waals surface area contributed by atoms with Crippen LogP contribution in [0.5, 0.6) is 0 Å². The van der Waals surface area contributed by atoms with E-state index in [1.807, 2.05) is 54.6 Å². The first kappa shape index (κ1) is 16.7. The third kappa shape index (κ3) is 3.83. The van der Waals surface area contributed by atoms with Gasteiger partial charge in [-0.05, 0) is 43.2 Å². The van der Waals surface area contributed by atoms with Crippen LogP contribution in [0, 0.1) is 0 Å². The number of morpholine rings is 1. The summed E-state index contributed by atoms with van der Waals surface area (Å²) in [6.07, 6.45) is 0.526. The van der Waals surface area contributed by atoms with Gasteiger partial charge in [0.15, 0.2) is 5.78 Å². The molecule has 2 aromatic carbocycles. The van der Waals surface area contributed by atoms with Crippen LogP contribution in [0.4, 0.5) is 5.69 Å². The number of carbonyl (C=O) groups excluding carboxylic acids is 1. The molecule has 1 aliphatic rings. The van der Waals surface area contributed by atoms with Gasteiger partial charge in [-0.2, -0.15) is 0 Å². The topological polar surface area (TPSA) is 55.6 Å². The molecule has 1 atom stereocenters. The predicted octanol–water partition coefficient (Wildman–Crippen LogP) is 2.67. The van der Waals surface area contributed by atoms with Crippen LogP contribution >= 0.6 is 0 Å². The standard InChI is InChI=1S/C20H24N2O2/c1-20(21,15-16-5-3-2-4-6-16)19(23)17-7-9-18(10-8-17)22-11-13-24-14-12-22/h2-10H,11-15,21H2,1H3. The number of nitrogens with two attached hydrogens (primary N) is 1. The van der Waals surface area contributed by atoms with Crippen molar-refractivity contribution in [2.24, 2.45) is 5.73 Å². The highest BCUT2D eigenvalue weighted by Crippen LogP contribution is 2.21. The monoisotopic (exact) mass is 324 g/mol. The van der Waals surface area contributed by atoms with Crippen molar-refractivity contribution in [3.05, 3.63) is 65.7 Å². The van der Waals surface area contributed by atoms with Crippen LogP contribution in [0.2, 0.25) is 0 Å². The summed E-state index contributed by atoms with van der Waals surface area (Å²) in [5.41, 5.74) is 8.27. The molecule has 24 heavy (non-hydrogen) atoms. The second-order valence-electron chi connectivity index (χ2n) is 6.56. The Bertz CT molecular complexity index is 675. The first-order valence-corrected chi connectivity index (χ1v) is 8.37. The highest BCUT2D eigenvalue weighted by molar-refractivity contribution is 6.03. The lowest BCUT2D eigenvalue weighted by Gasteiger charge is -2.29. The minimum atomic E-state index is -0.915. The van der Waals surface area contributed by atoms with Crippen molar-refractivity contribution in [3.63, 3.8) is 0 Å². The van der Waals surface area contributed by atoms with E-state index in [1.54, 1.807) is 6.92 Å². The van der Waals surface area contributed by atoms with Crippen molar-refractivity contribution in [1.82, 2.24) is 0 Å².